The lowest BCUT2D eigenvalue weighted by molar-refractivity contribution is -0.384. The molecule has 2 rings (SSSR count). The molecule has 19 heavy (non-hydrogen) atoms. The van der Waals surface area contributed by atoms with Gasteiger partial charge in [-0.2, -0.15) is 0 Å². The van der Waals surface area contributed by atoms with Gasteiger partial charge in [0.15, 0.2) is 0 Å². The van der Waals surface area contributed by atoms with E-state index in [1.165, 1.54) is 13.2 Å². The summed E-state index contributed by atoms with van der Waals surface area (Å²) in [4.78, 5) is 10.6. The number of allylic oxidation sites excluding steroid dienone is 1. The molecule has 0 fully saturated rings. The number of nitrogens with zero attached hydrogens (tertiary/aromatic N) is 1. The van der Waals surface area contributed by atoms with Gasteiger partial charge in [0.2, 0.25) is 0 Å². The fraction of sp³-hybridized carbons (Fsp3) is 0.385. The zero-order chi connectivity index (χ0) is 13.7. The van der Waals surface area contributed by atoms with Crippen LogP contribution in [0.2, 0.25) is 0 Å². The first-order valence-corrected chi connectivity index (χ1v) is 6.07. The minimum atomic E-state index is -0.424. The van der Waals surface area contributed by atoms with E-state index < -0.39 is 4.92 Å². The van der Waals surface area contributed by atoms with Crippen LogP contribution < -0.4 is 10.1 Å². The average molecular weight is 264 g/mol. The molecule has 1 heterocycles. The first kappa shape index (κ1) is 13.2. The molecule has 0 amide bonds. The predicted molar refractivity (Wildman–Crippen MR) is 71.4 cm³/mol. The van der Waals surface area contributed by atoms with Crippen molar-refractivity contribution in [3.63, 3.8) is 0 Å². The third-order valence-corrected chi connectivity index (χ3v) is 2.94. The maximum Gasteiger partial charge on any atom is 0.296 e. The quantitative estimate of drug-likeness (QED) is 0.653. The summed E-state index contributed by atoms with van der Waals surface area (Å²) in [6.07, 6.45) is 5.57. The van der Waals surface area contributed by atoms with E-state index >= 15 is 0 Å². The van der Waals surface area contributed by atoms with Crippen molar-refractivity contribution in [3.05, 3.63) is 40.7 Å². The van der Waals surface area contributed by atoms with Gasteiger partial charge in [0, 0.05) is 0 Å². The summed E-state index contributed by atoms with van der Waals surface area (Å²) in [5, 5.41) is 14.1. The molecular weight excluding hydrogens is 248 g/mol. The molecule has 0 radical (unpaired) electrons. The molecule has 1 aliphatic heterocycles. The van der Waals surface area contributed by atoms with Crippen molar-refractivity contribution in [1.29, 1.82) is 0 Å². The number of nitro groups is 1. The van der Waals surface area contributed by atoms with E-state index in [2.05, 4.69) is 5.32 Å². The highest BCUT2D eigenvalue weighted by Gasteiger charge is 2.17. The molecule has 0 bridgehead atoms. The minimum absolute atomic E-state index is 0.00528. The fourth-order valence-electron chi connectivity index (χ4n) is 1.90. The zero-order valence-corrected chi connectivity index (χ0v) is 10.7. The van der Waals surface area contributed by atoms with Crippen molar-refractivity contribution in [2.45, 2.75) is 18.9 Å². The second kappa shape index (κ2) is 6.08. The van der Waals surface area contributed by atoms with E-state index in [1.807, 2.05) is 6.08 Å². The topological polar surface area (TPSA) is 73.6 Å². The van der Waals surface area contributed by atoms with E-state index in [0.29, 0.717) is 18.0 Å². The number of rotatable bonds is 5. The lowest BCUT2D eigenvalue weighted by Gasteiger charge is -2.20. The molecule has 102 valence electrons. The van der Waals surface area contributed by atoms with Gasteiger partial charge in [-0.25, -0.2) is 0 Å². The third-order valence-electron chi connectivity index (χ3n) is 2.94. The molecular formula is C13H16N2O4. The molecule has 1 N–H and O–H groups in total. The van der Waals surface area contributed by atoms with Crippen LogP contribution in [-0.2, 0) is 4.74 Å². The number of nitrogens with one attached hydrogen (secondary N) is 1. The van der Waals surface area contributed by atoms with Crippen molar-refractivity contribution in [2.75, 3.05) is 19.0 Å². The summed E-state index contributed by atoms with van der Waals surface area (Å²) >= 11 is 0. The first-order chi connectivity index (χ1) is 9.20. The lowest BCUT2D eigenvalue weighted by Crippen LogP contribution is -2.23. The summed E-state index contributed by atoms with van der Waals surface area (Å²) in [6.45, 7) is 0.539. The highest BCUT2D eigenvalue weighted by molar-refractivity contribution is 5.63. The Hall–Kier alpha value is -2.24. The maximum atomic E-state index is 11.0. The van der Waals surface area contributed by atoms with Gasteiger partial charge in [0.25, 0.3) is 5.69 Å². The Morgan fingerprint density at radius 1 is 1.58 bits per heavy atom. The van der Waals surface area contributed by atoms with E-state index in [9.17, 15) is 10.1 Å². The maximum absolute atomic E-state index is 11.0. The number of hydrogen-bond acceptors (Lipinski definition) is 5. The van der Waals surface area contributed by atoms with Crippen LogP contribution in [0.3, 0.4) is 0 Å². The first-order valence-electron chi connectivity index (χ1n) is 6.07. The van der Waals surface area contributed by atoms with Gasteiger partial charge in [0.05, 0.1) is 30.9 Å². The predicted octanol–water partition coefficient (Wildman–Crippen LogP) is 2.71. The molecule has 1 atom stereocenters. The number of nitro benzene ring substituents is 1. The Bertz CT molecular complexity index is 488. The molecule has 0 saturated carbocycles. The molecule has 6 nitrogen and oxygen atoms in total. The Morgan fingerprint density at radius 3 is 3.05 bits per heavy atom. The highest BCUT2D eigenvalue weighted by Crippen LogP contribution is 2.29. The summed E-state index contributed by atoms with van der Waals surface area (Å²) in [6, 6.07) is 4.75. The number of ether oxygens (including phenoxy) is 2. The molecule has 1 unspecified atom stereocenters. The van der Waals surface area contributed by atoms with Crippen LogP contribution in [0, 0.1) is 10.1 Å². The summed E-state index contributed by atoms with van der Waals surface area (Å²) in [7, 11) is 1.48. The third kappa shape index (κ3) is 3.37. The van der Waals surface area contributed by atoms with Crippen molar-refractivity contribution in [1.82, 2.24) is 0 Å². The second-order valence-corrected chi connectivity index (χ2v) is 4.23. The van der Waals surface area contributed by atoms with Crippen molar-refractivity contribution in [3.8, 4) is 5.75 Å². The van der Waals surface area contributed by atoms with Crippen LogP contribution in [0.25, 0.3) is 0 Å². The smallest absolute Gasteiger partial charge is 0.296 e. The van der Waals surface area contributed by atoms with E-state index in [4.69, 9.17) is 9.47 Å². The minimum Gasteiger partial charge on any atom is -0.497 e. The summed E-state index contributed by atoms with van der Waals surface area (Å²) < 4.78 is 10.4. The molecule has 0 aliphatic carbocycles. The van der Waals surface area contributed by atoms with Gasteiger partial charge in [-0.3, -0.25) is 10.1 Å². The SMILES string of the molecule is COc1ccc(NCC2CCC=CO2)c([N+](=O)[O-])c1. The fourth-order valence-corrected chi connectivity index (χ4v) is 1.90. The van der Waals surface area contributed by atoms with Crippen LogP contribution in [0.4, 0.5) is 11.4 Å². The van der Waals surface area contributed by atoms with Crippen molar-refractivity contribution in [2.24, 2.45) is 0 Å². The van der Waals surface area contributed by atoms with Crippen LogP contribution in [0.1, 0.15) is 12.8 Å². The number of benzene rings is 1. The number of methoxy groups -OCH3 is 1. The zero-order valence-electron chi connectivity index (χ0n) is 10.7. The Kier molecular flexibility index (Phi) is 4.22. The van der Waals surface area contributed by atoms with Crippen molar-refractivity contribution < 1.29 is 14.4 Å². The molecule has 0 spiro atoms. The van der Waals surface area contributed by atoms with Gasteiger partial charge in [0.1, 0.15) is 17.5 Å². The monoisotopic (exact) mass is 264 g/mol. The summed E-state index contributed by atoms with van der Waals surface area (Å²) in [5.74, 6) is 0.467. The highest BCUT2D eigenvalue weighted by atomic mass is 16.6. The van der Waals surface area contributed by atoms with Gasteiger partial charge < -0.3 is 14.8 Å². The van der Waals surface area contributed by atoms with Crippen molar-refractivity contribution >= 4 is 11.4 Å². The number of anilines is 1. The van der Waals surface area contributed by atoms with Gasteiger partial charge in [-0.15, -0.1) is 0 Å². The molecule has 0 saturated heterocycles. The van der Waals surface area contributed by atoms with Gasteiger partial charge >= 0.3 is 0 Å². The van der Waals surface area contributed by atoms with Gasteiger partial charge in [-0.05, 0) is 31.1 Å². The van der Waals surface area contributed by atoms with Crippen LogP contribution in [0.5, 0.6) is 5.75 Å². The Balaban J connectivity index is 2.06. The number of hydrogen-bond donors (Lipinski definition) is 1. The summed E-state index contributed by atoms with van der Waals surface area (Å²) in [5.41, 5.74) is 0.481. The van der Waals surface area contributed by atoms with Crippen LogP contribution >= 0.6 is 0 Å². The molecule has 0 aromatic heterocycles. The average Bonchev–Trinajstić information content (AvgIpc) is 2.46. The van der Waals surface area contributed by atoms with E-state index in [1.54, 1.807) is 18.4 Å². The normalized spacial score (nSPS) is 17.6. The lowest BCUT2D eigenvalue weighted by atomic mass is 10.1. The second-order valence-electron chi connectivity index (χ2n) is 4.23. The molecule has 1 aromatic carbocycles. The van der Waals surface area contributed by atoms with Gasteiger partial charge in [-0.1, -0.05) is 0 Å². The molecule has 6 heteroatoms. The molecule has 1 aromatic rings. The molecule has 1 aliphatic rings. The van der Waals surface area contributed by atoms with E-state index in [-0.39, 0.29) is 11.8 Å². The van der Waals surface area contributed by atoms with Crippen LogP contribution in [0.15, 0.2) is 30.5 Å². The Morgan fingerprint density at radius 2 is 2.42 bits per heavy atom. The largest absolute Gasteiger partial charge is 0.497 e. The Labute approximate surface area is 111 Å². The standard InChI is InChI=1S/C13H16N2O4/c1-18-10-5-6-12(13(8-10)15(16)17)14-9-11-4-2-3-7-19-11/h3,5-8,11,14H,2,4,9H2,1H3. The van der Waals surface area contributed by atoms with Crippen LogP contribution in [-0.4, -0.2) is 24.7 Å². The van der Waals surface area contributed by atoms with E-state index in [0.717, 1.165) is 12.8 Å².